The van der Waals surface area contributed by atoms with E-state index in [1.165, 1.54) is 25.2 Å². The second-order valence-electron chi connectivity index (χ2n) is 12.5. The molecule has 2 aliphatic rings. The largest absolute Gasteiger partial charge is 0.444 e. The molecule has 0 atom stereocenters. The van der Waals surface area contributed by atoms with Gasteiger partial charge < -0.3 is 24.8 Å². The van der Waals surface area contributed by atoms with Crippen molar-refractivity contribution in [3.05, 3.63) is 63.0 Å². The highest BCUT2D eigenvalue weighted by atomic mass is 35.5. The zero-order valence-electron chi connectivity index (χ0n) is 26.3. The van der Waals surface area contributed by atoms with Crippen LogP contribution in [0.15, 0.2) is 29.1 Å². The van der Waals surface area contributed by atoms with E-state index >= 15 is 0 Å². The van der Waals surface area contributed by atoms with Crippen molar-refractivity contribution in [1.29, 1.82) is 0 Å². The van der Waals surface area contributed by atoms with Crippen LogP contribution >= 0.6 is 11.6 Å². The van der Waals surface area contributed by atoms with Crippen molar-refractivity contribution in [2.24, 2.45) is 13.0 Å². The number of imidazole rings is 1. The van der Waals surface area contributed by atoms with Gasteiger partial charge in [0.25, 0.3) is 11.9 Å². The second-order valence-corrected chi connectivity index (χ2v) is 12.9. The van der Waals surface area contributed by atoms with Gasteiger partial charge in [0.1, 0.15) is 11.4 Å². The number of hydrogen-bond acceptors (Lipinski definition) is 7. The van der Waals surface area contributed by atoms with Gasteiger partial charge in [0.15, 0.2) is 5.82 Å². The third kappa shape index (κ3) is 7.39. The van der Waals surface area contributed by atoms with Crippen molar-refractivity contribution in [3.8, 4) is 11.3 Å². The molecule has 0 aliphatic carbocycles. The number of piperidine rings is 1. The summed E-state index contributed by atoms with van der Waals surface area (Å²) in [5.41, 5.74) is -1.28. The molecule has 0 radical (unpaired) electrons. The lowest BCUT2D eigenvalue weighted by molar-refractivity contribution is -0.138. The van der Waals surface area contributed by atoms with Crippen molar-refractivity contribution in [1.82, 2.24) is 29.2 Å². The van der Waals surface area contributed by atoms with Gasteiger partial charge in [0.2, 0.25) is 11.9 Å². The molecule has 2 aromatic heterocycles. The van der Waals surface area contributed by atoms with Crippen LogP contribution in [0.2, 0.25) is 5.02 Å². The smallest absolute Gasteiger partial charge is 0.410 e. The number of nitrogens with zero attached hydrogens (tertiary/aromatic N) is 5. The molecule has 3 aromatic rings. The summed E-state index contributed by atoms with van der Waals surface area (Å²) in [4.78, 5) is 61.7. The first kappa shape index (κ1) is 33.8. The molecule has 4 heterocycles. The standard InChI is InChI=1S/C31H35ClF3N7O5/c1-31(2,3)47-30(46)42-9-7-17(8-10-42)27(43)40-11-13-41(14-12-40)28(44)19-6-5-18(15-21(19)32)36-26-23(39(4)29(45)38-26)20-16-22(33)25(35)37-24(20)34/h5-6,15-17,36H,7-14H2,1-4H3,(H,38,45). The van der Waals surface area contributed by atoms with E-state index in [4.69, 9.17) is 16.3 Å². The Kier molecular flexibility index (Phi) is 9.57. The number of likely N-dealkylation sites (tertiary alicyclic amines) is 1. The van der Waals surface area contributed by atoms with Gasteiger partial charge in [-0.1, -0.05) is 11.6 Å². The van der Waals surface area contributed by atoms with Crippen molar-refractivity contribution in [3.63, 3.8) is 0 Å². The molecule has 5 rings (SSSR count). The van der Waals surface area contributed by atoms with E-state index in [-0.39, 0.29) is 45.9 Å². The molecule has 16 heteroatoms. The number of carbonyl (C=O) groups is 3. The molecule has 2 aliphatic heterocycles. The maximum Gasteiger partial charge on any atom is 0.410 e. The SMILES string of the molecule is Cn1c(-c2cc(F)c(F)nc2F)c(Nc2ccc(C(=O)N3CCN(C(=O)C4CCN(C(=O)OC(C)(C)C)CC4)CC3)c(Cl)c2)[nH]c1=O. The van der Waals surface area contributed by atoms with Gasteiger partial charge in [0.05, 0.1) is 21.8 Å². The van der Waals surface area contributed by atoms with Gasteiger partial charge in [-0.3, -0.25) is 19.1 Å². The van der Waals surface area contributed by atoms with E-state index in [9.17, 15) is 32.3 Å². The molecule has 0 spiro atoms. The monoisotopic (exact) mass is 677 g/mol. The normalized spacial score (nSPS) is 16.0. The van der Waals surface area contributed by atoms with E-state index < -0.39 is 34.6 Å². The molecule has 12 nitrogen and oxygen atoms in total. The van der Waals surface area contributed by atoms with E-state index in [1.807, 2.05) is 20.8 Å². The van der Waals surface area contributed by atoms with Crippen LogP contribution in [0.3, 0.4) is 0 Å². The molecule has 2 N–H and O–H groups in total. The maximum atomic E-state index is 14.5. The number of pyridine rings is 1. The molecule has 2 fully saturated rings. The van der Waals surface area contributed by atoms with Crippen molar-refractivity contribution >= 4 is 41.0 Å². The number of nitrogens with one attached hydrogen (secondary N) is 2. The summed E-state index contributed by atoms with van der Waals surface area (Å²) in [5, 5.41) is 2.97. The average Bonchev–Trinajstić information content (AvgIpc) is 3.29. The molecule has 3 amide bonds. The van der Waals surface area contributed by atoms with E-state index in [0.29, 0.717) is 63.9 Å². The highest BCUT2D eigenvalue weighted by molar-refractivity contribution is 6.34. The van der Waals surface area contributed by atoms with Gasteiger partial charge in [-0.2, -0.15) is 13.8 Å². The molecular formula is C31H35ClF3N7O5. The fraction of sp³-hybridized carbons (Fsp3) is 0.452. The van der Waals surface area contributed by atoms with E-state index in [2.05, 4.69) is 15.3 Å². The molecule has 0 bridgehead atoms. The number of amides is 3. The fourth-order valence-electron chi connectivity index (χ4n) is 5.64. The number of rotatable bonds is 5. The number of aromatic nitrogens is 3. The number of ether oxygens (including phenoxy) is 1. The Labute approximate surface area is 273 Å². The number of anilines is 2. The summed E-state index contributed by atoms with van der Waals surface area (Å²) in [6.07, 6.45) is 0.698. The van der Waals surface area contributed by atoms with Crippen LogP contribution in [-0.2, 0) is 16.6 Å². The predicted molar refractivity (Wildman–Crippen MR) is 167 cm³/mol. The van der Waals surface area contributed by atoms with Gasteiger partial charge in [-0.05, 0) is 57.9 Å². The third-order valence-electron chi connectivity index (χ3n) is 8.09. The number of aromatic amines is 1. The fourth-order valence-corrected chi connectivity index (χ4v) is 5.90. The number of hydrogen-bond donors (Lipinski definition) is 2. The first-order valence-corrected chi connectivity index (χ1v) is 15.4. The Morgan fingerprint density at radius 1 is 0.957 bits per heavy atom. The quantitative estimate of drug-likeness (QED) is 0.380. The lowest BCUT2D eigenvalue weighted by Gasteiger charge is -2.38. The van der Waals surface area contributed by atoms with Crippen LogP contribution in [0.5, 0.6) is 0 Å². The Bertz CT molecular complexity index is 1760. The van der Waals surface area contributed by atoms with Crippen molar-refractivity contribution in [2.45, 2.75) is 39.2 Å². The van der Waals surface area contributed by atoms with Crippen LogP contribution in [0, 0.1) is 23.6 Å². The highest BCUT2D eigenvalue weighted by Crippen LogP contribution is 2.32. The zero-order chi connectivity index (χ0) is 34.2. The number of benzene rings is 1. The Morgan fingerprint density at radius 3 is 2.21 bits per heavy atom. The number of piperazine rings is 1. The first-order valence-electron chi connectivity index (χ1n) is 15.1. The number of H-pyrrole nitrogens is 1. The molecule has 252 valence electrons. The molecular weight excluding hydrogens is 643 g/mol. The molecule has 2 saturated heterocycles. The lowest BCUT2D eigenvalue weighted by Crippen LogP contribution is -2.53. The Hall–Kier alpha value is -4.53. The number of carbonyl (C=O) groups excluding carboxylic acids is 3. The summed E-state index contributed by atoms with van der Waals surface area (Å²) in [7, 11) is 1.32. The van der Waals surface area contributed by atoms with Gasteiger partial charge in [-0.25, -0.2) is 14.0 Å². The van der Waals surface area contributed by atoms with Crippen molar-refractivity contribution < 1.29 is 32.3 Å². The minimum Gasteiger partial charge on any atom is -0.444 e. The maximum absolute atomic E-state index is 14.5. The van der Waals surface area contributed by atoms with Gasteiger partial charge >= 0.3 is 11.8 Å². The van der Waals surface area contributed by atoms with Crippen LogP contribution < -0.4 is 11.0 Å². The number of halogens is 4. The van der Waals surface area contributed by atoms with Crippen LogP contribution in [0.25, 0.3) is 11.3 Å². The molecule has 0 saturated carbocycles. The van der Waals surface area contributed by atoms with Gasteiger partial charge in [-0.15, -0.1) is 0 Å². The summed E-state index contributed by atoms with van der Waals surface area (Å²) in [6, 6.07) is 5.05. The lowest BCUT2D eigenvalue weighted by atomic mass is 9.95. The van der Waals surface area contributed by atoms with Crippen LogP contribution in [-0.4, -0.2) is 92.0 Å². The second kappa shape index (κ2) is 13.3. The molecule has 47 heavy (non-hydrogen) atoms. The zero-order valence-corrected chi connectivity index (χ0v) is 27.1. The summed E-state index contributed by atoms with van der Waals surface area (Å²) < 4.78 is 48.2. The third-order valence-corrected chi connectivity index (χ3v) is 8.41. The average molecular weight is 678 g/mol. The van der Waals surface area contributed by atoms with E-state index in [1.54, 1.807) is 14.7 Å². The highest BCUT2D eigenvalue weighted by Gasteiger charge is 2.34. The molecule has 1 aromatic carbocycles. The topological polar surface area (TPSA) is 133 Å². The Balaban J connectivity index is 1.19. The van der Waals surface area contributed by atoms with Crippen molar-refractivity contribution in [2.75, 3.05) is 44.6 Å². The molecule has 0 unspecified atom stereocenters. The van der Waals surface area contributed by atoms with Crippen LogP contribution in [0.1, 0.15) is 44.0 Å². The first-order chi connectivity index (χ1) is 22.1. The summed E-state index contributed by atoms with van der Waals surface area (Å²) in [6.45, 7) is 7.62. The van der Waals surface area contributed by atoms with Gasteiger partial charge in [0, 0.05) is 57.9 Å². The predicted octanol–water partition coefficient (Wildman–Crippen LogP) is 4.52. The van der Waals surface area contributed by atoms with Crippen LogP contribution in [0.4, 0.5) is 29.5 Å². The summed E-state index contributed by atoms with van der Waals surface area (Å²) in [5.74, 6) is -4.88. The Morgan fingerprint density at radius 2 is 1.60 bits per heavy atom. The summed E-state index contributed by atoms with van der Waals surface area (Å²) >= 11 is 6.49. The van der Waals surface area contributed by atoms with E-state index in [0.717, 1.165) is 4.57 Å². The minimum atomic E-state index is -1.61. The minimum absolute atomic E-state index is 0.00626.